The third kappa shape index (κ3) is 3.30. The van der Waals surface area contributed by atoms with Crippen LogP contribution in [-0.2, 0) is 10.9 Å². The Morgan fingerprint density at radius 3 is 2.09 bits per heavy atom. The predicted octanol–water partition coefficient (Wildman–Crippen LogP) is 3.84. The molecule has 0 spiro atoms. The summed E-state index contributed by atoms with van der Waals surface area (Å²) in [5.74, 6) is -4.28. The van der Waals surface area contributed by atoms with Crippen LogP contribution < -0.4 is 0 Å². The lowest BCUT2D eigenvalue weighted by Gasteiger charge is -2.12. The molecule has 0 aliphatic rings. The zero-order chi connectivity index (χ0) is 16.3. The Bertz CT molecular complexity index is 708. The molecule has 3 nitrogen and oxygen atoms in total. The standard InChI is InChI=1S/C15H8F4O3/c16-11-8-4-7-10(15(17,18)19)12(11)14(21)22-13(20)9-5-2-1-3-6-9/h1-8H. The molecule has 0 atom stereocenters. The van der Waals surface area contributed by atoms with Gasteiger partial charge in [0, 0.05) is 0 Å². The maximum atomic E-state index is 13.6. The summed E-state index contributed by atoms with van der Waals surface area (Å²) in [6.07, 6.45) is -4.95. The van der Waals surface area contributed by atoms with Crippen LogP contribution in [0.25, 0.3) is 0 Å². The molecule has 0 N–H and O–H groups in total. The van der Waals surface area contributed by atoms with E-state index in [1.165, 1.54) is 24.3 Å². The molecule has 0 amide bonds. The van der Waals surface area contributed by atoms with E-state index in [1.54, 1.807) is 6.07 Å². The number of hydrogen-bond donors (Lipinski definition) is 0. The van der Waals surface area contributed by atoms with Crippen LogP contribution in [0.3, 0.4) is 0 Å². The number of alkyl halides is 3. The van der Waals surface area contributed by atoms with E-state index < -0.39 is 35.1 Å². The molecule has 0 saturated heterocycles. The fourth-order valence-electron chi connectivity index (χ4n) is 1.74. The number of ether oxygens (including phenoxy) is 1. The second kappa shape index (κ2) is 5.97. The van der Waals surface area contributed by atoms with Gasteiger partial charge in [-0.3, -0.25) is 0 Å². The average molecular weight is 312 g/mol. The number of benzene rings is 2. The quantitative estimate of drug-likeness (QED) is 0.481. The van der Waals surface area contributed by atoms with Crippen LogP contribution in [0.15, 0.2) is 48.5 Å². The topological polar surface area (TPSA) is 43.4 Å². The van der Waals surface area contributed by atoms with Crippen molar-refractivity contribution in [3.8, 4) is 0 Å². The fraction of sp³-hybridized carbons (Fsp3) is 0.0667. The zero-order valence-corrected chi connectivity index (χ0v) is 10.9. The summed E-state index contributed by atoms with van der Waals surface area (Å²) in [5.41, 5.74) is -2.86. The molecule has 0 fully saturated rings. The number of carbonyl (C=O) groups excluding carboxylic acids is 2. The van der Waals surface area contributed by atoms with Gasteiger partial charge in [-0.25, -0.2) is 14.0 Å². The van der Waals surface area contributed by atoms with E-state index in [-0.39, 0.29) is 5.56 Å². The van der Waals surface area contributed by atoms with Crippen molar-refractivity contribution in [1.82, 2.24) is 0 Å². The van der Waals surface area contributed by atoms with E-state index in [2.05, 4.69) is 4.74 Å². The summed E-state index contributed by atoms with van der Waals surface area (Å²) in [6, 6.07) is 9.19. The number of halogens is 4. The van der Waals surface area contributed by atoms with Crippen molar-refractivity contribution in [2.45, 2.75) is 6.18 Å². The van der Waals surface area contributed by atoms with Gasteiger partial charge in [-0.05, 0) is 24.3 Å². The Labute approximate surface area is 122 Å². The van der Waals surface area contributed by atoms with Crippen LogP contribution in [0.5, 0.6) is 0 Å². The Morgan fingerprint density at radius 2 is 1.50 bits per heavy atom. The van der Waals surface area contributed by atoms with Crippen molar-refractivity contribution in [2.75, 3.05) is 0 Å². The van der Waals surface area contributed by atoms with Crippen LogP contribution in [-0.4, -0.2) is 11.9 Å². The van der Waals surface area contributed by atoms with E-state index >= 15 is 0 Å². The Balaban J connectivity index is 2.33. The average Bonchev–Trinajstić information content (AvgIpc) is 2.46. The molecular weight excluding hydrogens is 304 g/mol. The summed E-state index contributed by atoms with van der Waals surface area (Å²) in [6.45, 7) is 0. The van der Waals surface area contributed by atoms with E-state index in [0.29, 0.717) is 12.1 Å². The first-order valence-corrected chi connectivity index (χ1v) is 5.98. The maximum absolute atomic E-state index is 13.6. The second-order valence-corrected chi connectivity index (χ2v) is 4.20. The normalized spacial score (nSPS) is 11.1. The first kappa shape index (κ1) is 15.7. The summed E-state index contributed by atoms with van der Waals surface area (Å²) in [7, 11) is 0. The van der Waals surface area contributed by atoms with Crippen LogP contribution in [0, 0.1) is 5.82 Å². The molecular formula is C15H8F4O3. The minimum absolute atomic E-state index is 0.0410. The van der Waals surface area contributed by atoms with Crippen molar-refractivity contribution in [3.05, 3.63) is 71.0 Å². The van der Waals surface area contributed by atoms with Crippen LogP contribution >= 0.6 is 0 Å². The largest absolute Gasteiger partial charge is 0.417 e. The first-order valence-electron chi connectivity index (χ1n) is 5.98. The molecule has 22 heavy (non-hydrogen) atoms. The van der Waals surface area contributed by atoms with Crippen LogP contribution in [0.1, 0.15) is 26.3 Å². The molecule has 2 aromatic carbocycles. The van der Waals surface area contributed by atoms with Gasteiger partial charge in [0.1, 0.15) is 11.4 Å². The molecule has 0 heterocycles. The second-order valence-electron chi connectivity index (χ2n) is 4.20. The van der Waals surface area contributed by atoms with Gasteiger partial charge in [0.05, 0.1) is 11.1 Å². The van der Waals surface area contributed by atoms with Crippen molar-refractivity contribution in [3.63, 3.8) is 0 Å². The lowest BCUT2D eigenvalue weighted by Crippen LogP contribution is -2.19. The van der Waals surface area contributed by atoms with Crippen molar-refractivity contribution < 1.29 is 31.9 Å². The first-order chi connectivity index (χ1) is 10.3. The highest BCUT2D eigenvalue weighted by Gasteiger charge is 2.37. The molecule has 0 unspecified atom stereocenters. The molecule has 0 aliphatic heterocycles. The smallest absolute Gasteiger partial charge is 0.386 e. The number of esters is 2. The van der Waals surface area contributed by atoms with Gasteiger partial charge in [-0.2, -0.15) is 13.2 Å². The summed E-state index contributed by atoms with van der Waals surface area (Å²) < 4.78 is 56.3. The molecule has 2 aromatic rings. The third-order valence-electron chi connectivity index (χ3n) is 2.72. The molecule has 0 aliphatic carbocycles. The molecule has 2 rings (SSSR count). The van der Waals surface area contributed by atoms with Gasteiger partial charge in [-0.1, -0.05) is 24.3 Å². The minimum Gasteiger partial charge on any atom is -0.386 e. The number of carbonyl (C=O) groups is 2. The lowest BCUT2D eigenvalue weighted by molar-refractivity contribution is -0.138. The SMILES string of the molecule is O=C(OC(=O)c1c(F)cccc1C(F)(F)F)c1ccccc1. The van der Waals surface area contributed by atoms with Gasteiger partial charge < -0.3 is 4.74 Å². The summed E-state index contributed by atoms with van der Waals surface area (Å²) >= 11 is 0. The Morgan fingerprint density at radius 1 is 0.864 bits per heavy atom. The highest BCUT2D eigenvalue weighted by atomic mass is 19.4. The monoisotopic (exact) mass is 312 g/mol. The molecule has 114 valence electrons. The number of rotatable bonds is 2. The fourth-order valence-corrected chi connectivity index (χ4v) is 1.74. The molecule has 0 radical (unpaired) electrons. The lowest BCUT2D eigenvalue weighted by atomic mass is 10.1. The highest BCUT2D eigenvalue weighted by Crippen LogP contribution is 2.33. The highest BCUT2D eigenvalue weighted by molar-refractivity contribution is 6.03. The van der Waals surface area contributed by atoms with Crippen molar-refractivity contribution >= 4 is 11.9 Å². The van der Waals surface area contributed by atoms with E-state index in [4.69, 9.17) is 0 Å². The van der Waals surface area contributed by atoms with Gasteiger partial charge in [0.25, 0.3) is 0 Å². The number of hydrogen-bond acceptors (Lipinski definition) is 3. The van der Waals surface area contributed by atoms with E-state index in [0.717, 1.165) is 6.07 Å². The van der Waals surface area contributed by atoms with Gasteiger partial charge in [0.2, 0.25) is 0 Å². The molecule has 0 aromatic heterocycles. The summed E-state index contributed by atoms with van der Waals surface area (Å²) in [4.78, 5) is 23.4. The minimum atomic E-state index is -4.95. The van der Waals surface area contributed by atoms with Gasteiger partial charge >= 0.3 is 18.1 Å². The molecule has 0 bridgehead atoms. The zero-order valence-electron chi connectivity index (χ0n) is 10.9. The van der Waals surface area contributed by atoms with Crippen molar-refractivity contribution in [2.24, 2.45) is 0 Å². The maximum Gasteiger partial charge on any atom is 0.417 e. The Kier molecular flexibility index (Phi) is 4.25. The predicted molar refractivity (Wildman–Crippen MR) is 67.6 cm³/mol. The van der Waals surface area contributed by atoms with E-state index in [1.807, 2.05) is 0 Å². The van der Waals surface area contributed by atoms with Gasteiger partial charge in [0.15, 0.2) is 0 Å². The van der Waals surface area contributed by atoms with Crippen LogP contribution in [0.4, 0.5) is 17.6 Å². The molecule has 7 heteroatoms. The Hall–Kier alpha value is -2.70. The summed E-state index contributed by atoms with van der Waals surface area (Å²) in [5, 5.41) is 0. The van der Waals surface area contributed by atoms with E-state index in [9.17, 15) is 27.2 Å². The van der Waals surface area contributed by atoms with Crippen LogP contribution in [0.2, 0.25) is 0 Å². The van der Waals surface area contributed by atoms with Gasteiger partial charge in [-0.15, -0.1) is 0 Å². The molecule has 0 saturated carbocycles. The third-order valence-corrected chi connectivity index (χ3v) is 2.72. The van der Waals surface area contributed by atoms with Crippen molar-refractivity contribution in [1.29, 1.82) is 0 Å².